The highest BCUT2D eigenvalue weighted by Crippen LogP contribution is 2.00. The van der Waals surface area contributed by atoms with Crippen molar-refractivity contribution in [2.75, 3.05) is 33.4 Å². The summed E-state index contributed by atoms with van der Waals surface area (Å²) in [6.45, 7) is 2.23. The van der Waals surface area contributed by atoms with Crippen LogP contribution in [0.5, 0.6) is 0 Å². The minimum absolute atomic E-state index is 0.294. The Morgan fingerprint density at radius 1 is 1.10 bits per heavy atom. The van der Waals surface area contributed by atoms with Gasteiger partial charge in [-0.3, -0.25) is 0 Å². The van der Waals surface area contributed by atoms with E-state index in [0.717, 1.165) is 5.56 Å². The molecule has 0 saturated heterocycles. The molecule has 0 spiro atoms. The Kier molecular flexibility index (Phi) is 9.19. The van der Waals surface area contributed by atoms with E-state index in [4.69, 9.17) is 9.47 Å². The smallest absolute Gasteiger partial charge is 0.0897 e. The van der Waals surface area contributed by atoms with Gasteiger partial charge in [0.1, 0.15) is 0 Å². The van der Waals surface area contributed by atoms with Crippen molar-refractivity contribution in [3.05, 3.63) is 35.9 Å². The average Bonchev–Trinajstić information content (AvgIpc) is 2.45. The zero-order valence-corrected chi connectivity index (χ0v) is 12.0. The summed E-state index contributed by atoms with van der Waals surface area (Å²) >= 11 is 0. The largest absolute Gasteiger partial charge is 0.391 e. The van der Waals surface area contributed by atoms with Crippen LogP contribution in [0, 0.1) is 0 Å². The molecule has 0 aliphatic carbocycles. The Hall–Kier alpha value is -0.980. The molecular formula is C15H25NO4. The second-order valence-corrected chi connectivity index (χ2v) is 4.76. The lowest BCUT2D eigenvalue weighted by atomic mass is 10.2. The van der Waals surface area contributed by atoms with E-state index in [0.29, 0.717) is 39.3 Å². The Morgan fingerprint density at radius 3 is 2.55 bits per heavy atom. The molecular weight excluding hydrogens is 258 g/mol. The summed E-state index contributed by atoms with van der Waals surface area (Å²) in [7, 11) is 1.56. The molecule has 5 heteroatoms. The molecule has 1 aromatic carbocycles. The molecule has 2 atom stereocenters. The Labute approximate surface area is 120 Å². The molecule has 20 heavy (non-hydrogen) atoms. The maximum Gasteiger partial charge on any atom is 0.0897 e. The van der Waals surface area contributed by atoms with Gasteiger partial charge in [-0.05, 0) is 18.5 Å². The van der Waals surface area contributed by atoms with Crippen LogP contribution in [0.25, 0.3) is 0 Å². The Balaban J connectivity index is 1.99. The maximum absolute atomic E-state index is 9.72. The van der Waals surface area contributed by atoms with Gasteiger partial charge in [-0.1, -0.05) is 30.3 Å². The van der Waals surface area contributed by atoms with Crippen LogP contribution in [0.2, 0.25) is 0 Å². The van der Waals surface area contributed by atoms with Gasteiger partial charge in [0.15, 0.2) is 0 Å². The lowest BCUT2D eigenvalue weighted by molar-refractivity contribution is 0.0273. The highest BCUT2D eigenvalue weighted by molar-refractivity contribution is 5.13. The molecule has 0 heterocycles. The summed E-state index contributed by atoms with van der Waals surface area (Å²) in [5.41, 5.74) is 1.09. The predicted molar refractivity (Wildman–Crippen MR) is 77.5 cm³/mol. The molecule has 5 nitrogen and oxygen atoms in total. The lowest BCUT2D eigenvalue weighted by Crippen LogP contribution is -2.32. The number of benzene rings is 1. The summed E-state index contributed by atoms with van der Waals surface area (Å²) in [5, 5.41) is 22.2. The lowest BCUT2D eigenvalue weighted by Gasteiger charge is -2.14. The van der Waals surface area contributed by atoms with Gasteiger partial charge < -0.3 is 25.0 Å². The molecule has 0 saturated carbocycles. The first-order chi connectivity index (χ1) is 9.72. The van der Waals surface area contributed by atoms with Crippen LogP contribution in [-0.4, -0.2) is 55.8 Å². The third kappa shape index (κ3) is 8.24. The third-order valence-corrected chi connectivity index (χ3v) is 2.82. The van der Waals surface area contributed by atoms with Crippen molar-refractivity contribution in [3.8, 4) is 0 Å². The second-order valence-electron chi connectivity index (χ2n) is 4.76. The molecule has 0 radical (unpaired) electrons. The predicted octanol–water partition coefficient (Wildman–Crippen LogP) is 0.551. The zero-order chi connectivity index (χ0) is 14.6. The van der Waals surface area contributed by atoms with Crippen LogP contribution in [0.4, 0.5) is 0 Å². The number of hydrogen-bond acceptors (Lipinski definition) is 5. The van der Waals surface area contributed by atoms with Crippen molar-refractivity contribution in [2.45, 2.75) is 25.2 Å². The second kappa shape index (κ2) is 10.8. The molecule has 114 valence electrons. The van der Waals surface area contributed by atoms with E-state index in [1.165, 1.54) is 0 Å². The Morgan fingerprint density at radius 2 is 1.85 bits per heavy atom. The molecule has 0 amide bonds. The molecule has 1 aromatic rings. The molecule has 1 rings (SSSR count). The van der Waals surface area contributed by atoms with Gasteiger partial charge >= 0.3 is 0 Å². The van der Waals surface area contributed by atoms with Gasteiger partial charge in [-0.15, -0.1) is 0 Å². The van der Waals surface area contributed by atoms with Crippen molar-refractivity contribution in [2.24, 2.45) is 0 Å². The van der Waals surface area contributed by atoms with E-state index >= 15 is 0 Å². The highest BCUT2D eigenvalue weighted by Gasteiger charge is 2.06. The minimum Gasteiger partial charge on any atom is -0.391 e. The summed E-state index contributed by atoms with van der Waals surface area (Å²) < 4.78 is 10.3. The first-order valence-corrected chi connectivity index (χ1v) is 6.90. The quantitative estimate of drug-likeness (QED) is 0.517. The zero-order valence-electron chi connectivity index (χ0n) is 12.0. The average molecular weight is 283 g/mol. The van der Waals surface area contributed by atoms with E-state index < -0.39 is 12.2 Å². The molecule has 0 aromatic heterocycles. The fraction of sp³-hybridized carbons (Fsp3) is 0.600. The van der Waals surface area contributed by atoms with Gasteiger partial charge in [0.2, 0.25) is 0 Å². The Bertz CT molecular complexity index is 334. The van der Waals surface area contributed by atoms with Crippen LogP contribution in [-0.2, 0) is 16.1 Å². The van der Waals surface area contributed by atoms with Crippen molar-refractivity contribution >= 4 is 0 Å². The SMILES string of the molecule is COCC(O)CCNCC(O)COCc1ccccc1. The fourth-order valence-electron chi connectivity index (χ4n) is 1.76. The summed E-state index contributed by atoms with van der Waals surface area (Å²) in [6, 6.07) is 9.86. The summed E-state index contributed by atoms with van der Waals surface area (Å²) in [4.78, 5) is 0. The van der Waals surface area contributed by atoms with E-state index in [1.807, 2.05) is 30.3 Å². The summed E-state index contributed by atoms with van der Waals surface area (Å²) in [5.74, 6) is 0. The summed E-state index contributed by atoms with van der Waals surface area (Å²) in [6.07, 6.45) is -0.400. The van der Waals surface area contributed by atoms with E-state index in [2.05, 4.69) is 5.32 Å². The minimum atomic E-state index is -0.543. The number of rotatable bonds is 11. The highest BCUT2D eigenvalue weighted by atomic mass is 16.5. The van der Waals surface area contributed by atoms with Gasteiger partial charge in [-0.25, -0.2) is 0 Å². The molecule has 0 aliphatic rings. The fourth-order valence-corrected chi connectivity index (χ4v) is 1.76. The number of hydrogen-bond donors (Lipinski definition) is 3. The topological polar surface area (TPSA) is 71.0 Å². The van der Waals surface area contributed by atoms with Gasteiger partial charge in [-0.2, -0.15) is 0 Å². The first-order valence-electron chi connectivity index (χ1n) is 6.90. The van der Waals surface area contributed by atoms with Gasteiger partial charge in [0, 0.05) is 13.7 Å². The molecule has 0 fully saturated rings. The number of aliphatic hydroxyl groups is 2. The molecule has 3 N–H and O–H groups in total. The van der Waals surface area contributed by atoms with Crippen molar-refractivity contribution in [1.82, 2.24) is 5.32 Å². The van der Waals surface area contributed by atoms with Crippen molar-refractivity contribution in [3.63, 3.8) is 0 Å². The number of ether oxygens (including phenoxy) is 2. The van der Waals surface area contributed by atoms with E-state index in [-0.39, 0.29) is 0 Å². The first kappa shape index (κ1) is 17.1. The monoisotopic (exact) mass is 283 g/mol. The van der Waals surface area contributed by atoms with Crippen LogP contribution in [0.15, 0.2) is 30.3 Å². The molecule has 2 unspecified atom stereocenters. The van der Waals surface area contributed by atoms with Gasteiger partial charge in [0.05, 0.1) is 32.0 Å². The van der Waals surface area contributed by atoms with Gasteiger partial charge in [0.25, 0.3) is 0 Å². The van der Waals surface area contributed by atoms with E-state index in [9.17, 15) is 10.2 Å². The molecule has 0 bridgehead atoms. The van der Waals surface area contributed by atoms with E-state index in [1.54, 1.807) is 7.11 Å². The maximum atomic E-state index is 9.72. The van der Waals surface area contributed by atoms with Crippen molar-refractivity contribution in [1.29, 1.82) is 0 Å². The van der Waals surface area contributed by atoms with Crippen LogP contribution in [0.1, 0.15) is 12.0 Å². The standard InChI is InChI=1S/C15H25NO4/c1-19-11-14(17)7-8-16-9-15(18)12-20-10-13-5-3-2-4-6-13/h2-6,14-18H,7-12H2,1H3. The van der Waals surface area contributed by atoms with Crippen molar-refractivity contribution < 1.29 is 19.7 Å². The number of methoxy groups -OCH3 is 1. The number of nitrogens with one attached hydrogen (secondary N) is 1. The molecule has 0 aliphatic heterocycles. The number of aliphatic hydroxyl groups excluding tert-OH is 2. The normalized spacial score (nSPS) is 14.2. The third-order valence-electron chi connectivity index (χ3n) is 2.82. The van der Waals surface area contributed by atoms with Crippen LogP contribution >= 0.6 is 0 Å². The van der Waals surface area contributed by atoms with Crippen LogP contribution in [0.3, 0.4) is 0 Å². The van der Waals surface area contributed by atoms with Crippen LogP contribution < -0.4 is 5.32 Å².